The quantitative estimate of drug-likeness (QED) is 0.330. The lowest BCUT2D eigenvalue weighted by atomic mass is 10.2. The Balaban J connectivity index is 1.72. The molecule has 2 aromatic rings. The van der Waals surface area contributed by atoms with Crippen molar-refractivity contribution in [2.45, 2.75) is 0 Å². The van der Waals surface area contributed by atoms with Gasteiger partial charge in [0.25, 0.3) is 11.6 Å². The fraction of sp³-hybridized carbons (Fsp3) is 0.118. The zero-order valence-corrected chi connectivity index (χ0v) is 13.5. The SMILES string of the molecule is O=C(CNC(=O)c1ccccc1)NCC(=O)Oc1ccc([N+](=O)[O-])cc1. The first-order chi connectivity index (χ1) is 12.5. The number of nitrogens with one attached hydrogen (secondary N) is 2. The molecule has 26 heavy (non-hydrogen) atoms. The van der Waals surface area contributed by atoms with Gasteiger partial charge in [0.1, 0.15) is 12.3 Å². The summed E-state index contributed by atoms with van der Waals surface area (Å²) in [5.74, 6) is -1.60. The first-order valence-electron chi connectivity index (χ1n) is 7.51. The Morgan fingerprint density at radius 2 is 1.58 bits per heavy atom. The van der Waals surface area contributed by atoms with E-state index in [1.165, 1.54) is 24.3 Å². The molecule has 0 aromatic heterocycles. The van der Waals surface area contributed by atoms with Crippen molar-refractivity contribution in [1.82, 2.24) is 10.6 Å². The number of nitrogens with zero attached hydrogens (tertiary/aromatic N) is 1. The lowest BCUT2D eigenvalue weighted by molar-refractivity contribution is -0.384. The molecule has 0 heterocycles. The van der Waals surface area contributed by atoms with Gasteiger partial charge in [-0.05, 0) is 24.3 Å². The molecule has 2 amide bonds. The van der Waals surface area contributed by atoms with Crippen LogP contribution in [0.3, 0.4) is 0 Å². The standard InChI is InChI=1S/C17H15N3O6/c21-15(10-19-17(23)12-4-2-1-3-5-12)18-11-16(22)26-14-8-6-13(7-9-14)20(24)25/h1-9H,10-11H2,(H,18,21)(H,19,23). The Morgan fingerprint density at radius 3 is 2.19 bits per heavy atom. The number of esters is 1. The molecule has 2 N–H and O–H groups in total. The molecular formula is C17H15N3O6. The molecule has 0 fully saturated rings. The van der Waals surface area contributed by atoms with Gasteiger partial charge in [-0.3, -0.25) is 19.7 Å². The van der Waals surface area contributed by atoms with E-state index >= 15 is 0 Å². The molecule has 9 nitrogen and oxygen atoms in total. The van der Waals surface area contributed by atoms with Crippen molar-refractivity contribution >= 4 is 23.5 Å². The second kappa shape index (κ2) is 8.92. The normalized spacial score (nSPS) is 9.85. The zero-order chi connectivity index (χ0) is 18.9. The van der Waals surface area contributed by atoms with E-state index in [4.69, 9.17) is 4.74 Å². The Kier molecular flexibility index (Phi) is 6.38. The Hall–Kier alpha value is -3.75. The van der Waals surface area contributed by atoms with Gasteiger partial charge in [0.2, 0.25) is 5.91 Å². The van der Waals surface area contributed by atoms with Gasteiger partial charge in [0.05, 0.1) is 11.5 Å². The second-order valence-corrected chi connectivity index (χ2v) is 5.05. The summed E-state index contributed by atoms with van der Waals surface area (Å²) >= 11 is 0. The highest BCUT2D eigenvalue weighted by Crippen LogP contribution is 2.17. The number of carbonyl (C=O) groups is 3. The third kappa shape index (κ3) is 5.71. The van der Waals surface area contributed by atoms with Crippen LogP contribution in [0, 0.1) is 10.1 Å². The van der Waals surface area contributed by atoms with Crippen molar-refractivity contribution in [3.8, 4) is 5.75 Å². The molecule has 0 saturated heterocycles. The molecular weight excluding hydrogens is 342 g/mol. The van der Waals surface area contributed by atoms with Gasteiger partial charge in [0, 0.05) is 17.7 Å². The van der Waals surface area contributed by atoms with E-state index in [0.29, 0.717) is 5.56 Å². The summed E-state index contributed by atoms with van der Waals surface area (Å²) in [6.45, 7) is -0.699. The lowest BCUT2D eigenvalue weighted by Gasteiger charge is -2.07. The van der Waals surface area contributed by atoms with Gasteiger partial charge in [-0.25, -0.2) is 4.79 Å². The zero-order valence-electron chi connectivity index (χ0n) is 13.5. The fourth-order valence-corrected chi connectivity index (χ4v) is 1.89. The van der Waals surface area contributed by atoms with Gasteiger partial charge in [-0.2, -0.15) is 0 Å². The van der Waals surface area contributed by atoms with E-state index in [1.807, 2.05) is 0 Å². The van der Waals surface area contributed by atoms with Crippen LogP contribution in [0.25, 0.3) is 0 Å². The highest BCUT2D eigenvalue weighted by Gasteiger charge is 2.11. The largest absolute Gasteiger partial charge is 0.425 e. The monoisotopic (exact) mass is 357 g/mol. The van der Waals surface area contributed by atoms with Crippen molar-refractivity contribution in [1.29, 1.82) is 0 Å². The van der Waals surface area contributed by atoms with E-state index < -0.39 is 29.3 Å². The van der Waals surface area contributed by atoms with Crippen LogP contribution in [0.2, 0.25) is 0 Å². The minimum absolute atomic E-state index is 0.118. The van der Waals surface area contributed by atoms with Gasteiger partial charge < -0.3 is 15.4 Å². The van der Waals surface area contributed by atoms with Crippen LogP contribution in [0.5, 0.6) is 5.75 Å². The Labute approximate surface area is 148 Å². The van der Waals surface area contributed by atoms with E-state index in [1.54, 1.807) is 30.3 Å². The average molecular weight is 357 g/mol. The van der Waals surface area contributed by atoms with E-state index in [0.717, 1.165) is 0 Å². The molecule has 2 rings (SSSR count). The van der Waals surface area contributed by atoms with Gasteiger partial charge in [-0.1, -0.05) is 18.2 Å². The summed E-state index contributed by atoms with van der Waals surface area (Å²) in [6, 6.07) is 13.3. The maximum Gasteiger partial charge on any atom is 0.330 e. The van der Waals surface area contributed by atoms with Crippen LogP contribution in [0.15, 0.2) is 54.6 Å². The highest BCUT2D eigenvalue weighted by molar-refractivity contribution is 5.96. The summed E-state index contributed by atoms with van der Waals surface area (Å²) in [5.41, 5.74) is 0.283. The number of ether oxygens (including phenoxy) is 1. The third-order valence-electron chi connectivity index (χ3n) is 3.15. The lowest BCUT2D eigenvalue weighted by Crippen LogP contribution is -2.39. The van der Waals surface area contributed by atoms with Crippen LogP contribution < -0.4 is 15.4 Å². The molecule has 9 heteroatoms. The number of nitro groups is 1. The maximum atomic E-state index is 11.8. The molecule has 0 radical (unpaired) electrons. The van der Waals surface area contributed by atoms with Crippen molar-refractivity contribution in [2.24, 2.45) is 0 Å². The highest BCUT2D eigenvalue weighted by atomic mass is 16.6. The molecule has 134 valence electrons. The van der Waals surface area contributed by atoms with Crippen LogP contribution in [-0.4, -0.2) is 35.8 Å². The number of hydrogen-bond donors (Lipinski definition) is 2. The minimum Gasteiger partial charge on any atom is -0.425 e. The summed E-state index contributed by atoms with van der Waals surface area (Å²) in [7, 11) is 0. The van der Waals surface area contributed by atoms with Crippen molar-refractivity contribution in [3.05, 3.63) is 70.3 Å². The number of carbonyl (C=O) groups excluding carboxylic acids is 3. The molecule has 0 aliphatic heterocycles. The molecule has 0 bridgehead atoms. The number of nitro benzene ring substituents is 1. The first kappa shape index (κ1) is 18.6. The van der Waals surface area contributed by atoms with E-state index in [-0.39, 0.29) is 18.0 Å². The predicted molar refractivity (Wildman–Crippen MR) is 90.5 cm³/mol. The van der Waals surface area contributed by atoms with E-state index in [2.05, 4.69) is 10.6 Å². The number of rotatable bonds is 7. The number of non-ortho nitro benzene ring substituents is 1. The molecule has 0 aliphatic rings. The second-order valence-electron chi connectivity index (χ2n) is 5.05. The number of hydrogen-bond acceptors (Lipinski definition) is 6. The Bertz CT molecular complexity index is 805. The molecule has 0 spiro atoms. The summed E-state index contributed by atoms with van der Waals surface area (Å²) in [6.07, 6.45) is 0. The van der Waals surface area contributed by atoms with Crippen LogP contribution in [0.1, 0.15) is 10.4 Å². The third-order valence-corrected chi connectivity index (χ3v) is 3.15. The van der Waals surface area contributed by atoms with Gasteiger partial charge in [-0.15, -0.1) is 0 Å². The molecule has 0 atom stereocenters. The summed E-state index contributed by atoms with van der Waals surface area (Å²) in [5, 5.41) is 15.3. The van der Waals surface area contributed by atoms with Crippen LogP contribution in [-0.2, 0) is 9.59 Å². The predicted octanol–water partition coefficient (Wildman–Crippen LogP) is 1.05. The fourth-order valence-electron chi connectivity index (χ4n) is 1.89. The van der Waals surface area contributed by atoms with E-state index in [9.17, 15) is 24.5 Å². The summed E-state index contributed by atoms with van der Waals surface area (Å²) in [4.78, 5) is 45.0. The first-order valence-corrected chi connectivity index (χ1v) is 7.51. The van der Waals surface area contributed by atoms with Crippen LogP contribution in [0.4, 0.5) is 5.69 Å². The Morgan fingerprint density at radius 1 is 0.923 bits per heavy atom. The van der Waals surface area contributed by atoms with Crippen molar-refractivity contribution in [2.75, 3.05) is 13.1 Å². The average Bonchev–Trinajstić information content (AvgIpc) is 2.65. The van der Waals surface area contributed by atoms with Crippen molar-refractivity contribution in [3.63, 3.8) is 0 Å². The number of amides is 2. The maximum absolute atomic E-state index is 11.8. The molecule has 2 aromatic carbocycles. The van der Waals surface area contributed by atoms with Gasteiger partial charge >= 0.3 is 5.97 Å². The van der Waals surface area contributed by atoms with Crippen molar-refractivity contribution < 1.29 is 24.0 Å². The summed E-state index contributed by atoms with van der Waals surface area (Å²) < 4.78 is 4.93. The van der Waals surface area contributed by atoms with Crippen LogP contribution >= 0.6 is 0 Å². The molecule has 0 unspecified atom stereocenters. The number of benzene rings is 2. The molecule has 0 aliphatic carbocycles. The smallest absolute Gasteiger partial charge is 0.330 e. The molecule has 0 saturated carbocycles. The topological polar surface area (TPSA) is 128 Å². The van der Waals surface area contributed by atoms with Gasteiger partial charge in [0.15, 0.2) is 0 Å². The minimum atomic E-state index is -0.749.